The van der Waals surface area contributed by atoms with Gasteiger partial charge in [0.15, 0.2) is 5.82 Å². The van der Waals surface area contributed by atoms with Crippen LogP contribution in [0.5, 0.6) is 5.75 Å². The molecule has 1 unspecified atom stereocenters. The van der Waals surface area contributed by atoms with Gasteiger partial charge in [0.05, 0.1) is 11.5 Å². The molecule has 0 amide bonds. The second kappa shape index (κ2) is 5.69. The van der Waals surface area contributed by atoms with Crippen LogP contribution in [0, 0.1) is 21.8 Å². The molecule has 6 heteroatoms. The van der Waals surface area contributed by atoms with Crippen molar-refractivity contribution < 1.29 is 14.1 Å². The van der Waals surface area contributed by atoms with Crippen LogP contribution in [-0.2, 0) is 0 Å². The Labute approximate surface area is 98.0 Å². The minimum absolute atomic E-state index is 0.0996. The monoisotopic (exact) mass is 245 g/mol. The smallest absolute Gasteiger partial charge is 0.314 e. The normalized spacial score (nSPS) is 12.2. The predicted octanol–water partition coefficient (Wildman–Crippen LogP) is 2.68. The third-order valence-electron chi connectivity index (χ3n) is 1.97. The summed E-state index contributed by atoms with van der Waals surface area (Å²) in [4.78, 5) is 9.97. The summed E-state index contributed by atoms with van der Waals surface area (Å²) in [7, 11) is 0. The number of para-hydroxylation sites is 1. The summed E-state index contributed by atoms with van der Waals surface area (Å²) in [6.07, 6.45) is 0. The molecule has 0 saturated heterocycles. The number of nitro benzene ring substituents is 1. The van der Waals surface area contributed by atoms with Gasteiger partial charge < -0.3 is 4.74 Å². The van der Waals surface area contributed by atoms with E-state index in [2.05, 4.69) is 12.6 Å². The summed E-state index contributed by atoms with van der Waals surface area (Å²) < 4.78 is 18.4. The number of hydrogen-bond donors (Lipinski definition) is 1. The fourth-order valence-corrected chi connectivity index (χ4v) is 1.17. The molecule has 0 saturated carbocycles. The number of ether oxygens (including phenoxy) is 1. The molecule has 1 aromatic carbocycles. The highest BCUT2D eigenvalue weighted by Gasteiger charge is 2.19. The summed E-state index contributed by atoms with van der Waals surface area (Å²) in [6.45, 7) is 2.06. The molecule has 0 heterocycles. The lowest BCUT2D eigenvalue weighted by atomic mass is 10.2. The van der Waals surface area contributed by atoms with E-state index in [4.69, 9.17) is 4.74 Å². The number of hydrogen-bond acceptors (Lipinski definition) is 4. The van der Waals surface area contributed by atoms with Gasteiger partial charge in [0.25, 0.3) is 0 Å². The van der Waals surface area contributed by atoms with Gasteiger partial charge in [-0.2, -0.15) is 12.6 Å². The molecule has 0 aliphatic rings. The van der Waals surface area contributed by atoms with Gasteiger partial charge in [-0.1, -0.05) is 13.0 Å². The molecule has 1 rings (SSSR count). The highest BCUT2D eigenvalue weighted by molar-refractivity contribution is 7.80. The molecular weight excluding hydrogens is 233 g/mol. The quantitative estimate of drug-likeness (QED) is 0.493. The van der Waals surface area contributed by atoms with E-state index in [9.17, 15) is 14.5 Å². The molecule has 0 bridgehead atoms. The molecule has 0 aliphatic heterocycles. The first-order chi connectivity index (χ1) is 7.56. The van der Waals surface area contributed by atoms with E-state index in [1.54, 1.807) is 0 Å². The van der Waals surface area contributed by atoms with Crippen molar-refractivity contribution in [2.45, 2.75) is 6.92 Å². The average Bonchev–Trinajstić information content (AvgIpc) is 2.26. The Morgan fingerprint density at radius 3 is 2.88 bits per heavy atom. The van der Waals surface area contributed by atoms with Crippen LogP contribution in [-0.4, -0.2) is 17.3 Å². The van der Waals surface area contributed by atoms with Crippen molar-refractivity contribution in [3.8, 4) is 5.75 Å². The van der Waals surface area contributed by atoms with E-state index in [0.717, 1.165) is 6.07 Å². The first kappa shape index (κ1) is 12.8. The Morgan fingerprint density at radius 1 is 1.62 bits per heavy atom. The van der Waals surface area contributed by atoms with Crippen LogP contribution in [0.4, 0.5) is 10.1 Å². The van der Waals surface area contributed by atoms with Crippen molar-refractivity contribution in [1.29, 1.82) is 0 Å². The minimum Gasteiger partial charge on any atom is -0.484 e. The van der Waals surface area contributed by atoms with E-state index in [1.165, 1.54) is 12.1 Å². The molecule has 0 aromatic heterocycles. The molecular formula is C10H12FNO3S. The second-order valence-corrected chi connectivity index (χ2v) is 3.81. The topological polar surface area (TPSA) is 52.4 Å². The first-order valence-corrected chi connectivity index (χ1v) is 5.36. The lowest BCUT2D eigenvalue weighted by molar-refractivity contribution is -0.386. The molecule has 0 spiro atoms. The predicted molar refractivity (Wildman–Crippen MR) is 61.6 cm³/mol. The zero-order valence-electron chi connectivity index (χ0n) is 8.72. The number of nitro groups is 1. The molecule has 1 aromatic rings. The Balaban J connectivity index is 2.88. The third kappa shape index (κ3) is 3.10. The maximum atomic E-state index is 13.3. The molecule has 88 valence electrons. The molecule has 16 heavy (non-hydrogen) atoms. The van der Waals surface area contributed by atoms with Crippen molar-refractivity contribution >= 4 is 18.3 Å². The molecule has 0 N–H and O–H groups in total. The summed E-state index contributed by atoms with van der Waals surface area (Å²) >= 11 is 4.05. The Kier molecular flexibility index (Phi) is 4.54. The van der Waals surface area contributed by atoms with Gasteiger partial charge in [-0.15, -0.1) is 0 Å². The van der Waals surface area contributed by atoms with Crippen LogP contribution in [0.3, 0.4) is 0 Å². The molecule has 0 fully saturated rings. The van der Waals surface area contributed by atoms with E-state index in [0.29, 0.717) is 5.75 Å². The van der Waals surface area contributed by atoms with E-state index < -0.39 is 10.7 Å². The molecule has 4 nitrogen and oxygen atoms in total. The summed E-state index contributed by atoms with van der Waals surface area (Å²) in [5.74, 6) is -0.355. The average molecular weight is 245 g/mol. The van der Waals surface area contributed by atoms with Crippen molar-refractivity contribution in [1.82, 2.24) is 0 Å². The van der Waals surface area contributed by atoms with Crippen LogP contribution in [0.15, 0.2) is 18.2 Å². The Morgan fingerprint density at radius 2 is 2.31 bits per heavy atom. The van der Waals surface area contributed by atoms with Crippen molar-refractivity contribution in [2.75, 3.05) is 12.4 Å². The van der Waals surface area contributed by atoms with Crippen LogP contribution in [0.2, 0.25) is 0 Å². The van der Waals surface area contributed by atoms with Crippen molar-refractivity contribution in [3.05, 3.63) is 34.1 Å². The van der Waals surface area contributed by atoms with Gasteiger partial charge in [-0.25, -0.2) is 4.39 Å². The lowest BCUT2D eigenvalue weighted by Gasteiger charge is -2.11. The van der Waals surface area contributed by atoms with Gasteiger partial charge in [-0.3, -0.25) is 10.1 Å². The van der Waals surface area contributed by atoms with Gasteiger partial charge in [0.2, 0.25) is 5.75 Å². The molecule has 0 aliphatic carbocycles. The van der Waals surface area contributed by atoms with E-state index in [-0.39, 0.29) is 24.0 Å². The Hall–Kier alpha value is -1.30. The summed E-state index contributed by atoms with van der Waals surface area (Å²) in [5, 5.41) is 10.6. The fourth-order valence-electron chi connectivity index (χ4n) is 1.06. The summed E-state index contributed by atoms with van der Waals surface area (Å²) in [5.41, 5.74) is -0.355. The number of nitrogens with zero attached hydrogens (tertiary/aromatic N) is 1. The number of thiol groups is 1. The molecule has 0 radical (unpaired) electrons. The maximum Gasteiger partial charge on any atom is 0.314 e. The zero-order valence-corrected chi connectivity index (χ0v) is 9.62. The van der Waals surface area contributed by atoms with E-state index >= 15 is 0 Å². The van der Waals surface area contributed by atoms with Gasteiger partial charge >= 0.3 is 5.69 Å². The Bertz CT molecular complexity index is 386. The zero-order chi connectivity index (χ0) is 12.1. The highest BCUT2D eigenvalue weighted by atomic mass is 32.1. The maximum absolute atomic E-state index is 13.3. The van der Waals surface area contributed by atoms with Crippen LogP contribution in [0.1, 0.15) is 6.92 Å². The van der Waals surface area contributed by atoms with E-state index in [1.807, 2.05) is 6.92 Å². The van der Waals surface area contributed by atoms with Crippen LogP contribution in [0.25, 0.3) is 0 Å². The second-order valence-electron chi connectivity index (χ2n) is 3.44. The fraction of sp³-hybridized carbons (Fsp3) is 0.400. The van der Waals surface area contributed by atoms with Crippen molar-refractivity contribution in [2.24, 2.45) is 5.92 Å². The van der Waals surface area contributed by atoms with Gasteiger partial charge in [-0.05, 0) is 17.7 Å². The number of rotatable bonds is 5. The number of benzene rings is 1. The van der Waals surface area contributed by atoms with Crippen LogP contribution >= 0.6 is 12.6 Å². The number of halogens is 1. The van der Waals surface area contributed by atoms with Gasteiger partial charge in [0.1, 0.15) is 0 Å². The molecule has 1 atom stereocenters. The van der Waals surface area contributed by atoms with Crippen LogP contribution < -0.4 is 4.74 Å². The standard InChI is InChI=1S/C10H12FNO3S/c1-7(6-16)5-15-10-8(11)3-2-4-9(10)12(13)14/h2-4,7,16H,5-6H2,1H3. The first-order valence-electron chi connectivity index (χ1n) is 4.72. The van der Waals surface area contributed by atoms with Crippen molar-refractivity contribution in [3.63, 3.8) is 0 Å². The third-order valence-corrected chi connectivity index (χ3v) is 2.59. The minimum atomic E-state index is -0.722. The largest absolute Gasteiger partial charge is 0.484 e. The summed E-state index contributed by atoms with van der Waals surface area (Å²) in [6, 6.07) is 3.62. The SMILES string of the molecule is CC(CS)COc1c(F)cccc1[N+](=O)[O-]. The lowest BCUT2D eigenvalue weighted by Crippen LogP contribution is -2.11. The highest BCUT2D eigenvalue weighted by Crippen LogP contribution is 2.29. The van der Waals surface area contributed by atoms with Gasteiger partial charge in [0, 0.05) is 6.07 Å².